The van der Waals surface area contributed by atoms with Crippen molar-refractivity contribution in [2.75, 3.05) is 0 Å². The maximum absolute atomic E-state index is 5.19. The second-order valence-corrected chi connectivity index (χ2v) is 14.3. The van der Waals surface area contributed by atoms with Gasteiger partial charge in [-0.2, -0.15) is 0 Å². The molecule has 11 rings (SSSR count). The molecule has 0 bridgehead atoms. The number of aliphatic imine (C=N–C) groups is 2. The summed E-state index contributed by atoms with van der Waals surface area (Å²) in [6, 6.07) is 71.1. The first kappa shape index (κ1) is 32.0. The van der Waals surface area contributed by atoms with Crippen LogP contribution < -0.4 is 5.32 Å². The molecule has 1 aliphatic heterocycles. The van der Waals surface area contributed by atoms with Crippen LogP contribution in [0.1, 0.15) is 22.9 Å². The fourth-order valence-electron chi connectivity index (χ4n) is 8.33. The van der Waals surface area contributed by atoms with E-state index in [2.05, 4.69) is 190 Å². The summed E-state index contributed by atoms with van der Waals surface area (Å²) in [5, 5.41) is 8.47. The van der Waals surface area contributed by atoms with Gasteiger partial charge in [-0.3, -0.25) is 0 Å². The Kier molecular flexibility index (Phi) is 7.49. The lowest BCUT2D eigenvalue weighted by atomic mass is 10.0. The number of nitrogens with zero attached hydrogens (tertiary/aromatic N) is 4. The van der Waals surface area contributed by atoms with Crippen LogP contribution in [0.2, 0.25) is 0 Å². The fraction of sp³-hybridized carbons (Fsp3) is 0.0196. The van der Waals surface area contributed by atoms with Crippen LogP contribution in [0.4, 0.5) is 0 Å². The van der Waals surface area contributed by atoms with E-state index in [0.717, 1.165) is 50.5 Å². The molecule has 1 aliphatic rings. The van der Waals surface area contributed by atoms with E-state index in [-0.39, 0.29) is 6.17 Å². The highest BCUT2D eigenvalue weighted by Gasteiger charge is 2.23. The van der Waals surface area contributed by atoms with Gasteiger partial charge >= 0.3 is 0 Å². The van der Waals surface area contributed by atoms with Crippen LogP contribution in [-0.2, 0) is 0 Å². The lowest BCUT2D eigenvalue weighted by Crippen LogP contribution is -2.33. The van der Waals surface area contributed by atoms with Crippen molar-refractivity contribution in [2.24, 2.45) is 9.98 Å². The third-order valence-corrected chi connectivity index (χ3v) is 10.9. The molecule has 1 N–H and O–H groups in total. The second kappa shape index (κ2) is 13.1. The smallest absolute Gasteiger partial charge is 0.159 e. The molecule has 56 heavy (non-hydrogen) atoms. The summed E-state index contributed by atoms with van der Waals surface area (Å²) in [5.41, 5.74) is 12.3. The molecule has 5 heteroatoms. The Morgan fingerprint density at radius 3 is 1.70 bits per heavy atom. The van der Waals surface area contributed by atoms with Crippen molar-refractivity contribution in [2.45, 2.75) is 6.17 Å². The number of rotatable bonds is 6. The lowest BCUT2D eigenvalue weighted by Gasteiger charge is -2.23. The largest absolute Gasteiger partial charge is 0.344 e. The molecule has 8 aromatic carbocycles. The number of para-hydroxylation sites is 2. The Balaban J connectivity index is 1.13. The molecule has 0 fully saturated rings. The van der Waals surface area contributed by atoms with Crippen LogP contribution in [0, 0.1) is 0 Å². The van der Waals surface area contributed by atoms with Gasteiger partial charge in [-0.15, -0.1) is 0 Å². The van der Waals surface area contributed by atoms with Crippen molar-refractivity contribution in [1.82, 2.24) is 14.5 Å². The highest BCUT2D eigenvalue weighted by molar-refractivity contribution is 6.20. The van der Waals surface area contributed by atoms with Gasteiger partial charge in [-0.25, -0.2) is 9.98 Å². The number of hydrogen-bond donors (Lipinski definition) is 1. The summed E-state index contributed by atoms with van der Waals surface area (Å²) in [4.78, 5) is 10.3. The summed E-state index contributed by atoms with van der Waals surface area (Å²) in [6.45, 7) is 0. The summed E-state index contributed by atoms with van der Waals surface area (Å²) in [7, 11) is 0. The lowest BCUT2D eigenvalue weighted by molar-refractivity contribution is 0.674. The molecule has 1 atom stereocenters. The van der Waals surface area contributed by atoms with Crippen molar-refractivity contribution in [3.05, 3.63) is 217 Å². The summed E-state index contributed by atoms with van der Waals surface area (Å²) in [5.74, 6) is 1.50. The molecular weight excluding hydrogens is 683 g/mol. The number of amidine groups is 2. The Hall–Kier alpha value is -7.50. The topological polar surface area (TPSA) is 46.6 Å². The molecule has 1 unspecified atom stereocenters. The van der Waals surface area contributed by atoms with Gasteiger partial charge in [0.2, 0.25) is 0 Å². The van der Waals surface area contributed by atoms with Crippen molar-refractivity contribution >= 4 is 55.3 Å². The Morgan fingerprint density at radius 2 is 0.946 bits per heavy atom. The van der Waals surface area contributed by atoms with E-state index in [1.54, 1.807) is 0 Å². The third kappa shape index (κ3) is 5.32. The van der Waals surface area contributed by atoms with Crippen molar-refractivity contribution in [3.8, 4) is 22.5 Å². The molecule has 0 amide bonds. The average Bonchev–Trinajstić information content (AvgIpc) is 3.78. The monoisotopic (exact) mass is 717 g/mol. The van der Waals surface area contributed by atoms with Gasteiger partial charge in [-0.1, -0.05) is 152 Å². The highest BCUT2D eigenvalue weighted by atomic mass is 15.2. The first-order valence-corrected chi connectivity index (χ1v) is 19.0. The quantitative estimate of drug-likeness (QED) is 0.183. The predicted molar refractivity (Wildman–Crippen MR) is 232 cm³/mol. The molecule has 0 radical (unpaired) electrons. The molecule has 2 aromatic heterocycles. The molecule has 10 aromatic rings. The first-order chi connectivity index (χ1) is 27.8. The van der Waals surface area contributed by atoms with Crippen LogP contribution in [0.15, 0.2) is 210 Å². The number of benzene rings is 8. The van der Waals surface area contributed by atoms with E-state index in [9.17, 15) is 0 Å². The minimum absolute atomic E-state index is 0.272. The molecule has 0 aliphatic carbocycles. The number of nitrogens with one attached hydrogen (secondary N) is 1. The van der Waals surface area contributed by atoms with Crippen LogP contribution in [-0.4, -0.2) is 20.8 Å². The molecular formula is C51H35N5. The number of hydrogen-bond acceptors (Lipinski definition) is 3. The maximum atomic E-state index is 5.19. The Morgan fingerprint density at radius 1 is 0.375 bits per heavy atom. The van der Waals surface area contributed by atoms with Gasteiger partial charge < -0.3 is 14.5 Å². The Labute approximate surface area is 324 Å². The molecule has 3 heterocycles. The zero-order valence-corrected chi connectivity index (χ0v) is 30.4. The molecule has 0 saturated heterocycles. The zero-order chi connectivity index (χ0) is 37.0. The van der Waals surface area contributed by atoms with Crippen LogP contribution in [0.3, 0.4) is 0 Å². The van der Waals surface area contributed by atoms with E-state index in [4.69, 9.17) is 9.98 Å². The van der Waals surface area contributed by atoms with Gasteiger partial charge in [-0.05, 0) is 65.2 Å². The first-order valence-electron chi connectivity index (χ1n) is 19.0. The van der Waals surface area contributed by atoms with Gasteiger partial charge in [0.1, 0.15) is 12.0 Å². The van der Waals surface area contributed by atoms with Gasteiger partial charge in [0.15, 0.2) is 5.84 Å². The standard InChI is InChI=1S/C51H35N5/c1-5-16-34(17-6-1)37-28-29-42-44-32-43-41-26-13-14-27-45(41)56(48(43)33-47(44)55(46(42)31-37)39-23-11-4-12-24-39)40-25-15-22-38(30-40)51-53-49(35-18-7-2-8-19-35)52-50(54-51)36-20-9-3-10-21-36/h1-33,49H,(H,52,53,54). The molecule has 5 nitrogen and oxygen atoms in total. The van der Waals surface area contributed by atoms with E-state index < -0.39 is 0 Å². The molecule has 0 saturated carbocycles. The SMILES string of the molecule is c1ccc(C2=NC(c3cccc(-n4c5ccccc5c5cc6c7ccc(-c8ccccc8)cc7n(-c7ccccc7)c6cc54)c3)=NC(c3ccccc3)N2)cc1. The van der Waals surface area contributed by atoms with Crippen molar-refractivity contribution in [3.63, 3.8) is 0 Å². The van der Waals surface area contributed by atoms with E-state index in [0.29, 0.717) is 5.84 Å². The van der Waals surface area contributed by atoms with Gasteiger partial charge in [0.25, 0.3) is 0 Å². The minimum atomic E-state index is -0.272. The van der Waals surface area contributed by atoms with Crippen LogP contribution in [0.25, 0.3) is 66.1 Å². The van der Waals surface area contributed by atoms with E-state index >= 15 is 0 Å². The van der Waals surface area contributed by atoms with Gasteiger partial charge in [0.05, 0.1) is 22.1 Å². The average molecular weight is 718 g/mol. The van der Waals surface area contributed by atoms with Crippen molar-refractivity contribution < 1.29 is 0 Å². The normalized spacial score (nSPS) is 14.2. The van der Waals surface area contributed by atoms with E-state index in [1.165, 1.54) is 38.2 Å². The highest BCUT2D eigenvalue weighted by Crippen LogP contribution is 2.41. The molecule has 264 valence electrons. The minimum Gasteiger partial charge on any atom is -0.344 e. The second-order valence-electron chi connectivity index (χ2n) is 14.3. The predicted octanol–water partition coefficient (Wildman–Crippen LogP) is 12.0. The molecule has 0 spiro atoms. The third-order valence-electron chi connectivity index (χ3n) is 10.9. The fourth-order valence-corrected chi connectivity index (χ4v) is 8.33. The van der Waals surface area contributed by atoms with Gasteiger partial charge in [0, 0.05) is 44.0 Å². The number of aromatic nitrogens is 2. The maximum Gasteiger partial charge on any atom is 0.159 e. The summed E-state index contributed by atoms with van der Waals surface area (Å²) >= 11 is 0. The summed E-state index contributed by atoms with van der Waals surface area (Å²) in [6.07, 6.45) is -0.272. The van der Waals surface area contributed by atoms with Crippen LogP contribution >= 0.6 is 0 Å². The van der Waals surface area contributed by atoms with Crippen LogP contribution in [0.5, 0.6) is 0 Å². The Bertz CT molecular complexity index is 3140. The number of fused-ring (bicyclic) bond motifs is 6. The van der Waals surface area contributed by atoms with E-state index in [1.807, 2.05) is 24.3 Å². The van der Waals surface area contributed by atoms with Crippen molar-refractivity contribution in [1.29, 1.82) is 0 Å². The summed E-state index contributed by atoms with van der Waals surface area (Å²) < 4.78 is 4.82. The zero-order valence-electron chi connectivity index (χ0n) is 30.4.